The third-order valence-corrected chi connectivity index (χ3v) is 5.09. The maximum absolute atomic E-state index is 12.0. The maximum atomic E-state index is 12.0. The molecular weight excluding hydrogens is 268 g/mol. The Balaban J connectivity index is 2.01. The van der Waals surface area contributed by atoms with E-state index < -0.39 is 6.04 Å². The van der Waals surface area contributed by atoms with E-state index in [0.717, 1.165) is 23.4 Å². The molecule has 0 aromatic heterocycles. The maximum Gasteiger partial charge on any atom is 0.241 e. The first-order valence-electron chi connectivity index (χ1n) is 7.53. The van der Waals surface area contributed by atoms with Crippen molar-refractivity contribution in [3.05, 3.63) is 24.3 Å². The predicted octanol–water partition coefficient (Wildman–Crippen LogP) is 3.79. The molecule has 4 heteroatoms. The summed E-state index contributed by atoms with van der Waals surface area (Å²) in [7, 11) is 0. The van der Waals surface area contributed by atoms with Gasteiger partial charge in [0.1, 0.15) is 0 Å². The highest BCUT2D eigenvalue weighted by molar-refractivity contribution is 8.00. The molecule has 1 aliphatic carbocycles. The molecule has 1 aromatic carbocycles. The van der Waals surface area contributed by atoms with Crippen LogP contribution in [0.4, 0.5) is 5.69 Å². The average Bonchev–Trinajstić information content (AvgIpc) is 2.94. The molecule has 1 saturated carbocycles. The Morgan fingerprint density at radius 1 is 1.40 bits per heavy atom. The number of anilines is 1. The molecule has 20 heavy (non-hydrogen) atoms. The molecule has 0 aliphatic heterocycles. The summed E-state index contributed by atoms with van der Waals surface area (Å²) < 4.78 is 0. The zero-order chi connectivity index (χ0) is 14.4. The van der Waals surface area contributed by atoms with Gasteiger partial charge in [-0.3, -0.25) is 4.79 Å². The lowest BCUT2D eigenvalue weighted by molar-refractivity contribution is -0.117. The largest absolute Gasteiger partial charge is 0.324 e. The fourth-order valence-corrected chi connectivity index (χ4v) is 3.86. The van der Waals surface area contributed by atoms with Crippen molar-refractivity contribution >= 4 is 23.4 Å². The van der Waals surface area contributed by atoms with Gasteiger partial charge in [-0.15, -0.1) is 11.8 Å². The number of benzene rings is 1. The Kier molecular flexibility index (Phi) is 5.92. The van der Waals surface area contributed by atoms with E-state index in [9.17, 15) is 4.79 Å². The van der Waals surface area contributed by atoms with Gasteiger partial charge < -0.3 is 11.1 Å². The number of carbonyl (C=O) groups is 1. The van der Waals surface area contributed by atoms with Crippen LogP contribution in [0.3, 0.4) is 0 Å². The van der Waals surface area contributed by atoms with Crippen LogP contribution in [-0.2, 0) is 4.79 Å². The van der Waals surface area contributed by atoms with E-state index in [4.69, 9.17) is 5.73 Å². The van der Waals surface area contributed by atoms with Gasteiger partial charge in [-0.05, 0) is 31.4 Å². The Bertz CT molecular complexity index is 444. The molecule has 2 rings (SSSR count). The van der Waals surface area contributed by atoms with E-state index in [1.807, 2.05) is 36.9 Å². The van der Waals surface area contributed by atoms with Crippen LogP contribution in [0.15, 0.2) is 29.2 Å². The summed E-state index contributed by atoms with van der Waals surface area (Å²) in [5, 5.41) is 3.68. The number of thioether (sulfide) groups is 1. The first-order chi connectivity index (χ1) is 9.70. The van der Waals surface area contributed by atoms with E-state index in [0.29, 0.717) is 5.25 Å². The number of hydrogen-bond acceptors (Lipinski definition) is 3. The van der Waals surface area contributed by atoms with Crippen LogP contribution < -0.4 is 11.1 Å². The molecule has 3 nitrogen and oxygen atoms in total. The zero-order valence-electron chi connectivity index (χ0n) is 12.1. The average molecular weight is 292 g/mol. The minimum atomic E-state index is -0.412. The molecule has 1 aromatic rings. The number of para-hydroxylation sites is 1. The molecule has 1 fully saturated rings. The molecule has 0 saturated heterocycles. The summed E-state index contributed by atoms with van der Waals surface area (Å²) in [6.45, 7) is 2.04. The van der Waals surface area contributed by atoms with Crippen molar-refractivity contribution in [2.45, 2.75) is 61.6 Å². The van der Waals surface area contributed by atoms with Gasteiger partial charge in [-0.1, -0.05) is 38.3 Å². The van der Waals surface area contributed by atoms with Crippen molar-refractivity contribution < 1.29 is 4.79 Å². The number of nitrogens with one attached hydrogen (secondary N) is 1. The van der Waals surface area contributed by atoms with Crippen LogP contribution in [-0.4, -0.2) is 17.2 Å². The SMILES string of the molecule is CCC[C@@H](N)C(=O)Nc1ccccc1SC1CCCC1. The van der Waals surface area contributed by atoms with Crippen LogP contribution in [0.5, 0.6) is 0 Å². The molecule has 0 unspecified atom stereocenters. The molecule has 1 amide bonds. The summed E-state index contributed by atoms with van der Waals surface area (Å²) >= 11 is 1.89. The second-order valence-electron chi connectivity index (χ2n) is 5.40. The van der Waals surface area contributed by atoms with E-state index in [-0.39, 0.29) is 5.91 Å². The van der Waals surface area contributed by atoms with Gasteiger partial charge >= 0.3 is 0 Å². The number of hydrogen-bond donors (Lipinski definition) is 2. The van der Waals surface area contributed by atoms with Gasteiger partial charge in [0.15, 0.2) is 0 Å². The topological polar surface area (TPSA) is 55.1 Å². The van der Waals surface area contributed by atoms with Crippen LogP contribution in [0.25, 0.3) is 0 Å². The number of carbonyl (C=O) groups excluding carboxylic acids is 1. The van der Waals surface area contributed by atoms with Crippen molar-refractivity contribution in [3.8, 4) is 0 Å². The lowest BCUT2D eigenvalue weighted by Crippen LogP contribution is -2.35. The summed E-state index contributed by atoms with van der Waals surface area (Å²) in [6, 6.07) is 7.63. The van der Waals surface area contributed by atoms with Gasteiger partial charge in [0.2, 0.25) is 5.91 Å². The Morgan fingerprint density at radius 3 is 2.80 bits per heavy atom. The lowest BCUT2D eigenvalue weighted by Gasteiger charge is -2.16. The van der Waals surface area contributed by atoms with E-state index >= 15 is 0 Å². The standard InChI is InChI=1S/C16H24N2OS/c1-2-7-13(17)16(19)18-14-10-5-6-11-15(14)20-12-8-3-4-9-12/h5-6,10-13H,2-4,7-9,17H2,1H3,(H,18,19)/t13-/m1/s1. The molecule has 0 spiro atoms. The molecule has 1 aliphatic rings. The molecule has 0 bridgehead atoms. The van der Waals surface area contributed by atoms with E-state index in [1.54, 1.807) is 0 Å². The third kappa shape index (κ3) is 4.25. The number of amides is 1. The van der Waals surface area contributed by atoms with Crippen LogP contribution >= 0.6 is 11.8 Å². The van der Waals surface area contributed by atoms with Gasteiger partial charge in [0.25, 0.3) is 0 Å². The molecule has 110 valence electrons. The zero-order valence-corrected chi connectivity index (χ0v) is 12.9. The molecule has 0 heterocycles. The van der Waals surface area contributed by atoms with Crippen LogP contribution in [0, 0.1) is 0 Å². The Morgan fingerprint density at radius 2 is 2.10 bits per heavy atom. The summed E-state index contributed by atoms with van der Waals surface area (Å²) in [5.74, 6) is -0.0775. The van der Waals surface area contributed by atoms with E-state index in [1.165, 1.54) is 25.7 Å². The minimum absolute atomic E-state index is 0.0775. The van der Waals surface area contributed by atoms with Gasteiger partial charge in [-0.2, -0.15) is 0 Å². The van der Waals surface area contributed by atoms with E-state index in [2.05, 4.69) is 11.4 Å². The highest BCUT2D eigenvalue weighted by Gasteiger charge is 2.19. The lowest BCUT2D eigenvalue weighted by atomic mass is 10.1. The first kappa shape index (κ1) is 15.4. The summed E-state index contributed by atoms with van der Waals surface area (Å²) in [5.41, 5.74) is 6.77. The van der Waals surface area contributed by atoms with Crippen molar-refractivity contribution in [2.24, 2.45) is 5.73 Å². The number of nitrogens with two attached hydrogens (primary N) is 1. The predicted molar refractivity (Wildman–Crippen MR) is 86.1 cm³/mol. The quantitative estimate of drug-likeness (QED) is 0.838. The van der Waals surface area contributed by atoms with Gasteiger partial charge in [0, 0.05) is 10.1 Å². The van der Waals surface area contributed by atoms with Crippen molar-refractivity contribution in [1.29, 1.82) is 0 Å². The smallest absolute Gasteiger partial charge is 0.241 e. The molecular formula is C16H24N2OS. The summed E-state index contributed by atoms with van der Waals surface area (Å²) in [4.78, 5) is 13.2. The van der Waals surface area contributed by atoms with Gasteiger partial charge in [-0.25, -0.2) is 0 Å². The molecule has 1 atom stereocenters. The first-order valence-corrected chi connectivity index (χ1v) is 8.40. The molecule has 0 radical (unpaired) electrons. The van der Waals surface area contributed by atoms with Gasteiger partial charge in [0.05, 0.1) is 11.7 Å². The van der Waals surface area contributed by atoms with Crippen molar-refractivity contribution in [1.82, 2.24) is 0 Å². The second kappa shape index (κ2) is 7.70. The fourth-order valence-electron chi connectivity index (χ4n) is 2.53. The van der Waals surface area contributed by atoms with Crippen molar-refractivity contribution in [2.75, 3.05) is 5.32 Å². The minimum Gasteiger partial charge on any atom is -0.324 e. The monoisotopic (exact) mass is 292 g/mol. The normalized spacial score (nSPS) is 17.1. The highest BCUT2D eigenvalue weighted by Crippen LogP contribution is 2.37. The van der Waals surface area contributed by atoms with Crippen LogP contribution in [0.2, 0.25) is 0 Å². The fraction of sp³-hybridized carbons (Fsp3) is 0.562. The third-order valence-electron chi connectivity index (χ3n) is 3.68. The van der Waals surface area contributed by atoms with Crippen molar-refractivity contribution in [3.63, 3.8) is 0 Å². The Hall–Kier alpha value is -1.00. The van der Waals surface area contributed by atoms with Crippen LogP contribution in [0.1, 0.15) is 45.4 Å². The Labute approximate surface area is 125 Å². The number of rotatable bonds is 6. The molecule has 3 N–H and O–H groups in total. The summed E-state index contributed by atoms with van der Waals surface area (Å²) in [6.07, 6.45) is 6.86. The second-order valence-corrected chi connectivity index (χ2v) is 6.75. The highest BCUT2D eigenvalue weighted by atomic mass is 32.2.